The highest BCUT2D eigenvalue weighted by Crippen LogP contribution is 2.22. The predicted molar refractivity (Wildman–Crippen MR) is 73.4 cm³/mol. The Morgan fingerprint density at radius 2 is 1.88 bits per heavy atom. The smallest absolute Gasteiger partial charge is 0.330 e. The summed E-state index contributed by atoms with van der Waals surface area (Å²) < 4.78 is 16.9. The highest BCUT2D eigenvalue weighted by molar-refractivity contribution is 6.83. The van der Waals surface area contributed by atoms with E-state index in [9.17, 15) is 4.79 Å². The lowest BCUT2D eigenvalue weighted by Crippen LogP contribution is -2.54. The molecule has 0 saturated carbocycles. The van der Waals surface area contributed by atoms with Gasteiger partial charge in [-0.1, -0.05) is 13.5 Å². The summed E-state index contributed by atoms with van der Waals surface area (Å²) in [6.07, 6.45) is 1.93. The van der Waals surface area contributed by atoms with Crippen LogP contribution in [-0.2, 0) is 18.1 Å². The molecule has 1 atom stereocenters. The Hall–Kier alpha value is -0.436. The highest BCUT2D eigenvalue weighted by atomic mass is 28.4. The molecule has 0 saturated heterocycles. The summed E-state index contributed by atoms with van der Waals surface area (Å²) >= 11 is 0. The van der Waals surface area contributed by atoms with Gasteiger partial charge in [-0.25, -0.2) is 4.79 Å². The van der Waals surface area contributed by atoms with Gasteiger partial charge >= 0.3 is 14.5 Å². The SMILES string of the molecule is C=CC(=O)OC(CC)[Si](C)(C)O[Si](C)(C)OC. The zero-order valence-electron chi connectivity index (χ0n) is 11.7. The number of carbonyl (C=O) groups is 1. The van der Waals surface area contributed by atoms with Crippen LogP contribution in [0.2, 0.25) is 26.2 Å². The van der Waals surface area contributed by atoms with Gasteiger partial charge in [0.2, 0.25) is 8.32 Å². The Balaban J connectivity index is 4.74. The van der Waals surface area contributed by atoms with Gasteiger partial charge in [-0.2, -0.15) is 0 Å². The normalized spacial score (nSPS) is 14.2. The van der Waals surface area contributed by atoms with Crippen molar-refractivity contribution < 1.29 is 18.1 Å². The van der Waals surface area contributed by atoms with Crippen LogP contribution in [0, 0.1) is 0 Å². The second-order valence-electron chi connectivity index (χ2n) is 4.85. The third-order valence-corrected chi connectivity index (χ3v) is 9.70. The lowest BCUT2D eigenvalue weighted by Gasteiger charge is -2.36. The van der Waals surface area contributed by atoms with E-state index in [2.05, 4.69) is 6.58 Å². The summed E-state index contributed by atoms with van der Waals surface area (Å²) in [7, 11) is -2.57. The topological polar surface area (TPSA) is 44.8 Å². The summed E-state index contributed by atoms with van der Waals surface area (Å²) in [5.74, 6) is -0.391. The third kappa shape index (κ3) is 5.62. The second kappa shape index (κ2) is 6.48. The van der Waals surface area contributed by atoms with Crippen molar-refractivity contribution in [3.63, 3.8) is 0 Å². The summed E-state index contributed by atoms with van der Waals surface area (Å²) in [4.78, 5) is 11.3. The van der Waals surface area contributed by atoms with Crippen molar-refractivity contribution in [2.75, 3.05) is 7.11 Å². The van der Waals surface area contributed by atoms with E-state index in [4.69, 9.17) is 13.3 Å². The van der Waals surface area contributed by atoms with E-state index in [0.29, 0.717) is 0 Å². The molecule has 0 aromatic rings. The van der Waals surface area contributed by atoms with Gasteiger partial charge in [-0.3, -0.25) is 0 Å². The first-order valence-electron chi connectivity index (χ1n) is 5.77. The molecule has 0 aromatic carbocycles. The van der Waals surface area contributed by atoms with Gasteiger partial charge in [-0.15, -0.1) is 0 Å². The first-order chi connectivity index (χ1) is 7.68. The number of carbonyl (C=O) groups excluding carboxylic acids is 1. The van der Waals surface area contributed by atoms with Crippen LogP contribution < -0.4 is 0 Å². The van der Waals surface area contributed by atoms with Crippen LogP contribution in [0.3, 0.4) is 0 Å². The zero-order chi connectivity index (χ0) is 13.7. The van der Waals surface area contributed by atoms with Crippen LogP contribution >= 0.6 is 0 Å². The van der Waals surface area contributed by atoms with E-state index in [-0.39, 0.29) is 5.73 Å². The molecule has 0 aliphatic rings. The summed E-state index contributed by atoms with van der Waals surface area (Å²) in [5, 5.41) is 0. The Morgan fingerprint density at radius 1 is 1.35 bits per heavy atom. The van der Waals surface area contributed by atoms with Crippen molar-refractivity contribution in [3.8, 4) is 0 Å². The van der Waals surface area contributed by atoms with E-state index >= 15 is 0 Å². The Kier molecular flexibility index (Phi) is 6.32. The van der Waals surface area contributed by atoms with Crippen LogP contribution in [0.1, 0.15) is 13.3 Å². The van der Waals surface area contributed by atoms with Crippen molar-refractivity contribution in [1.29, 1.82) is 0 Å². The van der Waals surface area contributed by atoms with E-state index in [0.717, 1.165) is 6.42 Å². The van der Waals surface area contributed by atoms with Crippen molar-refractivity contribution in [2.45, 2.75) is 45.3 Å². The zero-order valence-corrected chi connectivity index (χ0v) is 13.7. The molecule has 6 heteroatoms. The van der Waals surface area contributed by atoms with Crippen molar-refractivity contribution in [1.82, 2.24) is 0 Å². The fourth-order valence-corrected chi connectivity index (χ4v) is 8.96. The maximum absolute atomic E-state index is 11.3. The molecule has 0 spiro atoms. The quantitative estimate of drug-likeness (QED) is 0.407. The molecule has 1 unspecified atom stereocenters. The molecule has 0 aliphatic carbocycles. The minimum absolute atomic E-state index is 0.171. The molecule has 4 nitrogen and oxygen atoms in total. The van der Waals surface area contributed by atoms with Gasteiger partial charge in [0.25, 0.3) is 0 Å². The van der Waals surface area contributed by atoms with Gasteiger partial charge in [0.15, 0.2) is 0 Å². The summed E-state index contributed by atoms with van der Waals surface area (Å²) in [5.41, 5.74) is -0.171. The minimum atomic E-state index is -2.12. The molecule has 100 valence electrons. The summed E-state index contributed by atoms with van der Waals surface area (Å²) in [6.45, 7) is 13.5. The van der Waals surface area contributed by atoms with Crippen LogP contribution in [0.25, 0.3) is 0 Å². The first kappa shape index (κ1) is 16.6. The van der Waals surface area contributed by atoms with E-state index in [1.54, 1.807) is 7.11 Å². The number of esters is 1. The van der Waals surface area contributed by atoms with Crippen LogP contribution in [0.15, 0.2) is 12.7 Å². The molecule has 0 amide bonds. The van der Waals surface area contributed by atoms with Crippen LogP contribution in [0.5, 0.6) is 0 Å². The molecule has 0 rings (SSSR count). The monoisotopic (exact) mass is 276 g/mol. The number of rotatable bonds is 7. The lowest BCUT2D eigenvalue weighted by atomic mass is 10.5. The Morgan fingerprint density at radius 3 is 2.24 bits per heavy atom. The molecule has 0 fully saturated rings. The summed E-state index contributed by atoms with van der Waals surface area (Å²) in [6, 6.07) is 0. The minimum Gasteiger partial charge on any atom is -0.460 e. The van der Waals surface area contributed by atoms with Gasteiger partial charge in [0, 0.05) is 13.2 Å². The van der Waals surface area contributed by atoms with Gasteiger partial charge < -0.3 is 13.3 Å². The fourth-order valence-electron chi connectivity index (χ4n) is 1.65. The number of hydrogen-bond donors (Lipinski definition) is 0. The molecular weight excluding hydrogens is 252 g/mol. The van der Waals surface area contributed by atoms with E-state index in [1.807, 2.05) is 33.1 Å². The molecule has 0 heterocycles. The van der Waals surface area contributed by atoms with Gasteiger partial charge in [-0.05, 0) is 32.6 Å². The Bertz CT molecular complexity index is 277. The van der Waals surface area contributed by atoms with Crippen LogP contribution in [-0.4, -0.2) is 35.7 Å². The van der Waals surface area contributed by atoms with Crippen molar-refractivity contribution in [3.05, 3.63) is 12.7 Å². The predicted octanol–water partition coefficient (Wildman–Crippen LogP) is 2.60. The Labute approximate surface area is 106 Å². The maximum Gasteiger partial charge on any atom is 0.330 e. The first-order valence-corrected chi connectivity index (χ1v) is 11.6. The fraction of sp³-hybridized carbons (Fsp3) is 0.727. The molecule has 17 heavy (non-hydrogen) atoms. The number of hydrogen-bond acceptors (Lipinski definition) is 4. The lowest BCUT2D eigenvalue weighted by molar-refractivity contribution is -0.140. The molecule has 0 aliphatic heterocycles. The van der Waals surface area contributed by atoms with Crippen molar-refractivity contribution >= 4 is 22.8 Å². The molecular formula is C11H24O4Si2. The maximum atomic E-state index is 11.3. The van der Waals surface area contributed by atoms with E-state index in [1.165, 1.54) is 6.08 Å². The van der Waals surface area contributed by atoms with Gasteiger partial charge in [0.05, 0.1) is 0 Å². The highest BCUT2D eigenvalue weighted by Gasteiger charge is 2.41. The molecule has 0 bridgehead atoms. The van der Waals surface area contributed by atoms with Crippen LogP contribution in [0.4, 0.5) is 0 Å². The third-order valence-electron chi connectivity index (χ3n) is 2.57. The van der Waals surface area contributed by atoms with Crippen molar-refractivity contribution in [2.24, 2.45) is 0 Å². The molecule has 0 radical (unpaired) electrons. The molecule has 0 aromatic heterocycles. The standard InChI is InChI=1S/C11H24O4Si2/c1-8-10(12)14-11(9-2)16(4,5)15-17(6,7)13-3/h8,11H,1,9H2,2-7H3. The second-order valence-corrected chi connectivity index (χ2v) is 12.7. The average molecular weight is 276 g/mol. The average Bonchev–Trinajstić information content (AvgIpc) is 2.23. The van der Waals surface area contributed by atoms with Gasteiger partial charge in [0.1, 0.15) is 5.73 Å². The largest absolute Gasteiger partial charge is 0.460 e. The van der Waals surface area contributed by atoms with E-state index < -0.39 is 22.8 Å². The molecule has 0 N–H and O–H groups in total. The number of ether oxygens (including phenoxy) is 1.